The van der Waals surface area contributed by atoms with Gasteiger partial charge < -0.3 is 0 Å². The molecule has 1 atom stereocenters. The molecule has 0 spiro atoms. The lowest BCUT2D eigenvalue weighted by Crippen LogP contribution is -2.02. The van der Waals surface area contributed by atoms with E-state index in [1.807, 2.05) is 0 Å². The van der Waals surface area contributed by atoms with Crippen LogP contribution in [0.5, 0.6) is 0 Å². The Kier molecular flexibility index (Phi) is 5.06. The molecule has 1 unspecified atom stereocenters. The van der Waals surface area contributed by atoms with Gasteiger partial charge in [0.15, 0.2) is 0 Å². The van der Waals surface area contributed by atoms with Crippen LogP contribution in [-0.2, 0) is 12.8 Å². The predicted molar refractivity (Wildman–Crippen MR) is 84.3 cm³/mol. The second kappa shape index (κ2) is 6.60. The highest BCUT2D eigenvalue weighted by atomic mass is 35.5. The number of halogens is 3. The molecule has 0 aromatic heterocycles. The molecule has 0 aliphatic heterocycles. The second-order valence-corrected chi connectivity index (χ2v) is 5.64. The molecule has 2 aromatic carbocycles. The fraction of sp³-hybridized carbons (Fsp3) is 0.294. The van der Waals surface area contributed by atoms with Gasteiger partial charge in [-0.3, -0.25) is 0 Å². The van der Waals surface area contributed by atoms with Gasteiger partial charge in [-0.15, -0.1) is 11.6 Å². The van der Waals surface area contributed by atoms with E-state index in [-0.39, 0.29) is 5.82 Å². The van der Waals surface area contributed by atoms with Crippen LogP contribution < -0.4 is 0 Å². The van der Waals surface area contributed by atoms with Crippen molar-refractivity contribution in [3.63, 3.8) is 0 Å². The van der Waals surface area contributed by atoms with Crippen molar-refractivity contribution in [1.29, 1.82) is 0 Å². The maximum absolute atomic E-state index is 14.0. The minimum absolute atomic E-state index is 0.360. The molecule has 0 heterocycles. The van der Waals surface area contributed by atoms with Crippen molar-refractivity contribution in [2.75, 3.05) is 0 Å². The molecule has 0 amide bonds. The van der Waals surface area contributed by atoms with Crippen molar-refractivity contribution in [3.8, 4) is 0 Å². The third-order valence-electron chi connectivity index (χ3n) is 3.51. The first-order chi connectivity index (χ1) is 9.56. The predicted octanol–water partition coefficient (Wildman–Crippen LogP) is 5.93. The number of hydrogen-bond acceptors (Lipinski definition) is 0. The normalized spacial score (nSPS) is 12.4. The van der Waals surface area contributed by atoms with E-state index >= 15 is 0 Å². The average Bonchev–Trinajstić information content (AvgIpc) is 2.46. The smallest absolute Gasteiger partial charge is 0.129 e. The van der Waals surface area contributed by atoms with Gasteiger partial charge in [-0.2, -0.15) is 0 Å². The largest absolute Gasteiger partial charge is 0.207 e. The van der Waals surface area contributed by atoms with Gasteiger partial charge in [-0.1, -0.05) is 49.7 Å². The van der Waals surface area contributed by atoms with E-state index in [2.05, 4.69) is 32.0 Å². The maximum Gasteiger partial charge on any atom is 0.129 e. The summed E-state index contributed by atoms with van der Waals surface area (Å²) in [7, 11) is 0. The first-order valence-electron chi connectivity index (χ1n) is 6.77. The highest BCUT2D eigenvalue weighted by Gasteiger charge is 2.18. The van der Waals surface area contributed by atoms with Gasteiger partial charge in [0, 0.05) is 10.6 Å². The summed E-state index contributed by atoms with van der Waals surface area (Å²) in [6.07, 6.45) is 1.81. The standard InChI is InChI=1S/C17H17Cl2F/c1-3-11-5-6-12(4-2)15(9-11)17(19)14-8-7-13(18)10-16(14)20/h5-10,17H,3-4H2,1-2H3. The Bertz CT molecular complexity index is 608. The molecule has 0 aliphatic rings. The van der Waals surface area contributed by atoms with Crippen LogP contribution >= 0.6 is 23.2 Å². The van der Waals surface area contributed by atoms with Gasteiger partial charge in [-0.05, 0) is 41.7 Å². The topological polar surface area (TPSA) is 0 Å². The Labute approximate surface area is 129 Å². The SMILES string of the molecule is CCc1ccc(CC)c(C(Cl)c2ccc(Cl)cc2F)c1. The van der Waals surface area contributed by atoms with Crippen molar-refractivity contribution in [1.82, 2.24) is 0 Å². The number of benzene rings is 2. The van der Waals surface area contributed by atoms with Gasteiger partial charge >= 0.3 is 0 Å². The molecule has 0 aliphatic carbocycles. The molecule has 2 rings (SSSR count). The summed E-state index contributed by atoms with van der Waals surface area (Å²) in [5.41, 5.74) is 3.81. The van der Waals surface area contributed by atoms with Crippen LogP contribution in [0.3, 0.4) is 0 Å². The summed E-state index contributed by atoms with van der Waals surface area (Å²) in [6, 6.07) is 10.9. The summed E-state index contributed by atoms with van der Waals surface area (Å²) in [4.78, 5) is 0. The number of alkyl halides is 1. The highest BCUT2D eigenvalue weighted by Crippen LogP contribution is 2.34. The monoisotopic (exact) mass is 310 g/mol. The third kappa shape index (κ3) is 3.16. The van der Waals surface area contributed by atoms with Crippen LogP contribution in [0.4, 0.5) is 4.39 Å². The third-order valence-corrected chi connectivity index (χ3v) is 4.21. The van der Waals surface area contributed by atoms with Crippen LogP contribution in [0.2, 0.25) is 5.02 Å². The lowest BCUT2D eigenvalue weighted by atomic mass is 9.95. The molecule has 0 radical (unpaired) electrons. The van der Waals surface area contributed by atoms with Gasteiger partial charge in [-0.25, -0.2) is 4.39 Å². The van der Waals surface area contributed by atoms with E-state index in [1.54, 1.807) is 12.1 Å². The Hall–Kier alpha value is -1.05. The minimum atomic E-state index is -0.492. The van der Waals surface area contributed by atoms with Crippen molar-refractivity contribution in [2.24, 2.45) is 0 Å². The molecule has 2 aromatic rings. The van der Waals surface area contributed by atoms with E-state index in [0.717, 1.165) is 24.0 Å². The minimum Gasteiger partial charge on any atom is -0.207 e. The van der Waals surface area contributed by atoms with E-state index in [4.69, 9.17) is 23.2 Å². The molecule has 0 fully saturated rings. The molecule has 0 saturated heterocycles. The Morgan fingerprint density at radius 3 is 2.35 bits per heavy atom. The van der Waals surface area contributed by atoms with Gasteiger partial charge in [0.25, 0.3) is 0 Å². The van der Waals surface area contributed by atoms with E-state index in [0.29, 0.717) is 10.6 Å². The van der Waals surface area contributed by atoms with Crippen LogP contribution in [-0.4, -0.2) is 0 Å². The molecular formula is C17H17Cl2F. The van der Waals surface area contributed by atoms with Crippen molar-refractivity contribution >= 4 is 23.2 Å². The maximum atomic E-state index is 14.0. The van der Waals surface area contributed by atoms with Crippen LogP contribution in [0.1, 0.15) is 41.5 Å². The van der Waals surface area contributed by atoms with Crippen molar-refractivity contribution in [3.05, 3.63) is 69.5 Å². The molecule has 0 saturated carbocycles. The number of aryl methyl sites for hydroxylation is 2. The van der Waals surface area contributed by atoms with Crippen molar-refractivity contribution in [2.45, 2.75) is 32.1 Å². The second-order valence-electron chi connectivity index (χ2n) is 4.77. The first-order valence-corrected chi connectivity index (χ1v) is 7.59. The fourth-order valence-corrected chi connectivity index (χ4v) is 2.84. The van der Waals surface area contributed by atoms with Gasteiger partial charge in [0.1, 0.15) is 5.82 Å². The molecule has 0 nitrogen and oxygen atoms in total. The van der Waals surface area contributed by atoms with Crippen LogP contribution in [0.15, 0.2) is 36.4 Å². The van der Waals surface area contributed by atoms with Gasteiger partial charge in [0.2, 0.25) is 0 Å². The fourth-order valence-electron chi connectivity index (χ4n) is 2.30. The number of rotatable bonds is 4. The summed E-state index contributed by atoms with van der Waals surface area (Å²) in [5, 5.41) is -0.109. The molecule has 106 valence electrons. The average molecular weight is 311 g/mol. The molecular weight excluding hydrogens is 294 g/mol. The zero-order chi connectivity index (χ0) is 14.7. The summed E-state index contributed by atoms with van der Waals surface area (Å²) in [6.45, 7) is 4.17. The van der Waals surface area contributed by atoms with E-state index < -0.39 is 5.38 Å². The Balaban J connectivity index is 2.48. The summed E-state index contributed by atoms with van der Waals surface area (Å²) in [5.74, 6) is -0.360. The highest BCUT2D eigenvalue weighted by molar-refractivity contribution is 6.30. The van der Waals surface area contributed by atoms with Crippen LogP contribution in [0, 0.1) is 5.82 Å². The zero-order valence-electron chi connectivity index (χ0n) is 11.6. The summed E-state index contributed by atoms with van der Waals surface area (Å²) < 4.78 is 14.0. The van der Waals surface area contributed by atoms with E-state index in [1.165, 1.54) is 11.6 Å². The Morgan fingerprint density at radius 2 is 1.75 bits per heavy atom. The quantitative estimate of drug-likeness (QED) is 0.614. The zero-order valence-corrected chi connectivity index (χ0v) is 13.1. The first kappa shape index (κ1) is 15.3. The van der Waals surface area contributed by atoms with Crippen molar-refractivity contribution < 1.29 is 4.39 Å². The Morgan fingerprint density at radius 1 is 1.00 bits per heavy atom. The molecule has 0 N–H and O–H groups in total. The van der Waals surface area contributed by atoms with E-state index in [9.17, 15) is 4.39 Å². The molecule has 20 heavy (non-hydrogen) atoms. The molecule has 3 heteroatoms. The molecule has 0 bridgehead atoms. The lowest BCUT2D eigenvalue weighted by molar-refractivity contribution is 0.612. The lowest BCUT2D eigenvalue weighted by Gasteiger charge is -2.16. The number of hydrogen-bond donors (Lipinski definition) is 0. The van der Waals surface area contributed by atoms with Gasteiger partial charge in [0.05, 0.1) is 5.38 Å². The summed E-state index contributed by atoms with van der Waals surface area (Å²) >= 11 is 12.3. The van der Waals surface area contributed by atoms with Crippen LogP contribution in [0.25, 0.3) is 0 Å².